The molecule has 4 heteroatoms. The van der Waals surface area contributed by atoms with Gasteiger partial charge in [-0.2, -0.15) is 10.5 Å². The Morgan fingerprint density at radius 1 is 0.944 bits per heavy atom. The monoisotopic (exact) mass is 268 g/mol. The minimum absolute atomic E-state index is 0.214. The fourth-order valence-electron chi connectivity index (χ4n) is 2.29. The van der Waals surface area contributed by atoms with E-state index < -0.39 is 0 Å². The lowest BCUT2D eigenvalue weighted by atomic mass is 10.0. The van der Waals surface area contributed by atoms with Crippen molar-refractivity contribution in [2.45, 2.75) is 13.8 Å². The number of fused-ring (bicyclic) bond motifs is 3. The standard InChI is InChI=1S/C14H8N2S2/c1-7-3-10-12(9(5-15)6-16)11-4-8(2)18-14(11)13(10)17-7/h3-4H,1-2H3. The minimum atomic E-state index is 0.214. The molecule has 0 radical (unpaired) electrons. The van der Waals surface area contributed by atoms with Crippen molar-refractivity contribution in [3.63, 3.8) is 0 Å². The van der Waals surface area contributed by atoms with Crippen molar-refractivity contribution in [1.29, 1.82) is 10.5 Å². The summed E-state index contributed by atoms with van der Waals surface area (Å²) in [5.74, 6) is 0. The van der Waals surface area contributed by atoms with Crippen LogP contribution in [-0.4, -0.2) is 0 Å². The Bertz CT molecular complexity index is 712. The summed E-state index contributed by atoms with van der Waals surface area (Å²) in [5, 5.41) is 18.3. The predicted octanol–water partition coefficient (Wildman–Crippen LogP) is 4.26. The van der Waals surface area contributed by atoms with Crippen LogP contribution in [0.25, 0.3) is 15.3 Å². The van der Waals surface area contributed by atoms with E-state index >= 15 is 0 Å². The van der Waals surface area contributed by atoms with Crippen molar-refractivity contribution >= 4 is 28.2 Å². The number of thiophene rings is 2. The quantitative estimate of drug-likeness (QED) is 0.572. The van der Waals surface area contributed by atoms with Crippen molar-refractivity contribution in [1.82, 2.24) is 0 Å². The van der Waals surface area contributed by atoms with Gasteiger partial charge in [0.25, 0.3) is 0 Å². The highest BCUT2D eigenvalue weighted by Gasteiger charge is 2.30. The van der Waals surface area contributed by atoms with Crippen LogP contribution in [0.15, 0.2) is 17.7 Å². The second kappa shape index (κ2) is 3.81. The number of rotatable bonds is 0. The highest BCUT2D eigenvalue weighted by Crippen LogP contribution is 2.52. The molecule has 2 aromatic rings. The van der Waals surface area contributed by atoms with Crippen molar-refractivity contribution in [2.75, 3.05) is 0 Å². The van der Waals surface area contributed by atoms with Gasteiger partial charge in [-0.25, -0.2) is 0 Å². The van der Waals surface area contributed by atoms with E-state index in [-0.39, 0.29) is 5.57 Å². The second-order valence-corrected chi connectivity index (χ2v) is 6.69. The van der Waals surface area contributed by atoms with Gasteiger partial charge >= 0.3 is 0 Å². The Labute approximate surface area is 113 Å². The van der Waals surface area contributed by atoms with Gasteiger partial charge in [0.15, 0.2) is 0 Å². The van der Waals surface area contributed by atoms with Crippen molar-refractivity contribution in [3.05, 3.63) is 38.6 Å². The number of nitriles is 2. The lowest BCUT2D eigenvalue weighted by Crippen LogP contribution is -1.85. The normalized spacial score (nSPS) is 11.7. The molecule has 0 aromatic carbocycles. The molecule has 0 saturated heterocycles. The van der Waals surface area contributed by atoms with E-state index in [4.69, 9.17) is 10.5 Å². The molecule has 2 aromatic heterocycles. The first kappa shape index (κ1) is 11.2. The van der Waals surface area contributed by atoms with Crippen LogP contribution in [0.4, 0.5) is 0 Å². The van der Waals surface area contributed by atoms with Gasteiger partial charge in [-0.15, -0.1) is 22.7 Å². The molecule has 18 heavy (non-hydrogen) atoms. The first-order chi connectivity index (χ1) is 8.65. The van der Waals surface area contributed by atoms with Crippen molar-refractivity contribution in [2.24, 2.45) is 0 Å². The van der Waals surface area contributed by atoms with E-state index in [1.165, 1.54) is 19.5 Å². The molecule has 0 spiro atoms. The van der Waals surface area contributed by atoms with Gasteiger partial charge in [-0.1, -0.05) is 0 Å². The molecule has 1 aliphatic carbocycles. The number of allylic oxidation sites excluding steroid dienone is 1. The molecule has 2 heterocycles. The molecule has 0 aliphatic heterocycles. The SMILES string of the molecule is Cc1cc2c(s1)-c1sc(C)cc1C2=C(C#N)C#N. The van der Waals surface area contributed by atoms with Crippen LogP contribution in [0.2, 0.25) is 0 Å². The molecular weight excluding hydrogens is 260 g/mol. The van der Waals surface area contributed by atoms with Gasteiger partial charge in [0, 0.05) is 26.5 Å². The summed E-state index contributed by atoms with van der Waals surface area (Å²) in [7, 11) is 0. The Morgan fingerprint density at radius 2 is 1.39 bits per heavy atom. The summed E-state index contributed by atoms with van der Waals surface area (Å²) < 4.78 is 0. The molecule has 1 aliphatic rings. The van der Waals surface area contributed by atoms with E-state index in [1.54, 1.807) is 22.7 Å². The predicted molar refractivity (Wildman–Crippen MR) is 74.4 cm³/mol. The molecule has 0 bridgehead atoms. The van der Waals surface area contributed by atoms with Crippen LogP contribution in [0.3, 0.4) is 0 Å². The van der Waals surface area contributed by atoms with Gasteiger partial charge in [0.05, 0.1) is 9.75 Å². The van der Waals surface area contributed by atoms with Gasteiger partial charge in [0.2, 0.25) is 0 Å². The third-order valence-corrected chi connectivity index (χ3v) is 5.19. The maximum atomic E-state index is 9.13. The summed E-state index contributed by atoms with van der Waals surface area (Å²) in [6.45, 7) is 4.11. The van der Waals surface area contributed by atoms with Gasteiger partial charge < -0.3 is 0 Å². The molecule has 86 valence electrons. The maximum absolute atomic E-state index is 9.13. The number of hydrogen-bond donors (Lipinski definition) is 0. The van der Waals surface area contributed by atoms with Crippen LogP contribution < -0.4 is 0 Å². The molecular formula is C14H8N2S2. The van der Waals surface area contributed by atoms with Crippen LogP contribution in [-0.2, 0) is 0 Å². The van der Waals surface area contributed by atoms with Crippen molar-refractivity contribution in [3.8, 4) is 21.9 Å². The number of nitrogens with zero attached hydrogens (tertiary/aromatic N) is 2. The van der Waals surface area contributed by atoms with E-state index in [9.17, 15) is 0 Å². The Kier molecular flexibility index (Phi) is 2.38. The first-order valence-corrected chi connectivity index (χ1v) is 7.05. The Balaban J connectivity index is 2.44. The van der Waals surface area contributed by atoms with Crippen LogP contribution in [0, 0.1) is 36.5 Å². The summed E-state index contributed by atoms with van der Waals surface area (Å²) in [6.07, 6.45) is 0. The molecule has 3 rings (SSSR count). The highest BCUT2D eigenvalue weighted by atomic mass is 32.1. The minimum Gasteiger partial charge on any atom is -0.192 e. The zero-order valence-corrected chi connectivity index (χ0v) is 11.5. The molecule has 0 unspecified atom stereocenters. The Morgan fingerprint density at radius 3 is 1.78 bits per heavy atom. The largest absolute Gasteiger partial charge is 0.192 e. The van der Waals surface area contributed by atoms with Crippen LogP contribution in [0.5, 0.6) is 0 Å². The lowest BCUT2D eigenvalue weighted by Gasteiger charge is -1.98. The molecule has 0 atom stereocenters. The average molecular weight is 268 g/mol. The van der Waals surface area contributed by atoms with Gasteiger partial charge in [0.1, 0.15) is 17.7 Å². The summed E-state index contributed by atoms with van der Waals surface area (Å²) >= 11 is 3.46. The molecule has 0 fully saturated rings. The van der Waals surface area contributed by atoms with Gasteiger partial charge in [-0.05, 0) is 26.0 Å². The summed E-state index contributed by atoms with van der Waals surface area (Å²) in [4.78, 5) is 4.84. The Hall–Kier alpha value is -1.88. The van der Waals surface area contributed by atoms with Crippen LogP contribution in [0.1, 0.15) is 20.9 Å². The molecule has 0 saturated carbocycles. The molecule has 0 N–H and O–H groups in total. The van der Waals surface area contributed by atoms with Gasteiger partial charge in [-0.3, -0.25) is 0 Å². The molecule has 0 amide bonds. The van der Waals surface area contributed by atoms with E-state index in [0.717, 1.165) is 16.7 Å². The third kappa shape index (κ3) is 1.37. The summed E-state index contributed by atoms with van der Waals surface area (Å²) in [6, 6.07) is 8.19. The van der Waals surface area contributed by atoms with E-state index in [2.05, 4.69) is 26.0 Å². The second-order valence-electron chi connectivity index (χ2n) is 4.17. The van der Waals surface area contributed by atoms with Crippen LogP contribution >= 0.6 is 22.7 Å². The average Bonchev–Trinajstić information content (AvgIpc) is 2.94. The van der Waals surface area contributed by atoms with E-state index in [0.29, 0.717) is 0 Å². The first-order valence-electron chi connectivity index (χ1n) is 5.42. The fourth-order valence-corrected chi connectivity index (χ4v) is 4.48. The third-order valence-electron chi connectivity index (χ3n) is 2.93. The topological polar surface area (TPSA) is 47.6 Å². The maximum Gasteiger partial charge on any atom is 0.138 e. The number of aryl methyl sites for hydroxylation is 2. The zero-order valence-electron chi connectivity index (χ0n) is 9.87. The smallest absolute Gasteiger partial charge is 0.138 e. The lowest BCUT2D eigenvalue weighted by molar-refractivity contribution is 1.46. The molecule has 2 nitrogen and oxygen atoms in total. The van der Waals surface area contributed by atoms with E-state index in [1.807, 2.05) is 12.1 Å². The highest BCUT2D eigenvalue weighted by molar-refractivity contribution is 7.23. The van der Waals surface area contributed by atoms with Crippen molar-refractivity contribution < 1.29 is 0 Å². The fraction of sp³-hybridized carbons (Fsp3) is 0.143. The number of hydrogen-bond acceptors (Lipinski definition) is 4. The summed E-state index contributed by atoms with van der Waals surface area (Å²) in [5.41, 5.74) is 3.14. The zero-order chi connectivity index (χ0) is 12.9.